The van der Waals surface area contributed by atoms with Crippen LogP contribution in [0, 0.1) is 0 Å². The van der Waals surface area contributed by atoms with Gasteiger partial charge in [0.25, 0.3) is 0 Å². The van der Waals surface area contributed by atoms with E-state index in [1.54, 1.807) is 14.2 Å². The van der Waals surface area contributed by atoms with Crippen LogP contribution in [0.3, 0.4) is 0 Å². The number of esters is 1. The van der Waals surface area contributed by atoms with Crippen molar-refractivity contribution in [3.05, 3.63) is 59.7 Å². The lowest BCUT2D eigenvalue weighted by molar-refractivity contribution is -0.155. The Hall–Kier alpha value is -1.92. The number of methoxy groups -OCH3 is 2. The van der Waals surface area contributed by atoms with Crippen molar-refractivity contribution in [2.75, 3.05) is 40.5 Å². The smallest absolute Gasteiger partial charge is 0.318 e. The van der Waals surface area contributed by atoms with Gasteiger partial charge in [-0.15, -0.1) is 12.4 Å². The summed E-state index contributed by atoms with van der Waals surface area (Å²) in [6, 6.07) is 16.6. The number of carbonyl (C=O) groups is 1. The molecule has 174 valence electrons. The second-order valence-electron chi connectivity index (χ2n) is 8.46. The zero-order chi connectivity index (χ0) is 21.6. The molecular formula is C26H34ClNO4. The lowest BCUT2D eigenvalue weighted by Crippen LogP contribution is -2.49. The Kier molecular flexibility index (Phi) is 9.11. The molecule has 2 aliphatic rings. The van der Waals surface area contributed by atoms with Crippen LogP contribution >= 0.6 is 12.4 Å². The fourth-order valence-electron chi connectivity index (χ4n) is 5.12. The summed E-state index contributed by atoms with van der Waals surface area (Å²) < 4.78 is 16.9. The van der Waals surface area contributed by atoms with Gasteiger partial charge in [-0.05, 0) is 41.5 Å². The molecule has 2 aliphatic carbocycles. The summed E-state index contributed by atoms with van der Waals surface area (Å²) in [6.45, 7) is 2.94. The number of nitrogens with zero attached hydrogens (tertiary/aromatic N) is 1. The van der Waals surface area contributed by atoms with Crippen molar-refractivity contribution in [1.82, 2.24) is 4.90 Å². The van der Waals surface area contributed by atoms with Gasteiger partial charge in [-0.1, -0.05) is 55.0 Å². The van der Waals surface area contributed by atoms with Crippen LogP contribution in [0.1, 0.15) is 42.7 Å². The van der Waals surface area contributed by atoms with Crippen LogP contribution in [0.2, 0.25) is 0 Å². The third-order valence-electron chi connectivity index (χ3n) is 6.64. The summed E-state index contributed by atoms with van der Waals surface area (Å²) >= 11 is 0. The Morgan fingerprint density at radius 3 is 1.97 bits per heavy atom. The van der Waals surface area contributed by atoms with Gasteiger partial charge in [0.2, 0.25) is 0 Å². The molecule has 0 unspecified atom stereocenters. The average molecular weight is 460 g/mol. The van der Waals surface area contributed by atoms with Gasteiger partial charge in [-0.2, -0.15) is 0 Å². The molecule has 0 saturated heterocycles. The maximum Gasteiger partial charge on any atom is 0.318 e. The average Bonchev–Trinajstić information content (AvgIpc) is 3.14. The zero-order valence-electron chi connectivity index (χ0n) is 19.0. The van der Waals surface area contributed by atoms with Crippen molar-refractivity contribution >= 4 is 18.4 Å². The molecular weight excluding hydrogens is 426 g/mol. The fraction of sp³-hybridized carbons (Fsp3) is 0.500. The van der Waals surface area contributed by atoms with Crippen molar-refractivity contribution in [3.8, 4) is 11.1 Å². The van der Waals surface area contributed by atoms with Crippen LogP contribution < -0.4 is 0 Å². The molecule has 4 rings (SSSR count). The highest BCUT2D eigenvalue weighted by Gasteiger charge is 2.38. The first-order chi connectivity index (χ1) is 15.2. The quantitative estimate of drug-likeness (QED) is 0.510. The van der Waals surface area contributed by atoms with E-state index in [-0.39, 0.29) is 36.4 Å². The molecule has 2 aromatic carbocycles. The van der Waals surface area contributed by atoms with Gasteiger partial charge in [-0.25, -0.2) is 0 Å². The van der Waals surface area contributed by atoms with E-state index in [1.165, 1.54) is 0 Å². The molecule has 0 spiro atoms. The van der Waals surface area contributed by atoms with E-state index in [1.807, 2.05) is 24.3 Å². The van der Waals surface area contributed by atoms with Gasteiger partial charge >= 0.3 is 5.97 Å². The van der Waals surface area contributed by atoms with Gasteiger partial charge in [-0.3, -0.25) is 9.69 Å². The molecule has 0 radical (unpaired) electrons. The van der Waals surface area contributed by atoms with E-state index in [9.17, 15) is 4.79 Å². The summed E-state index contributed by atoms with van der Waals surface area (Å²) in [7, 11) is 3.45. The second-order valence-corrected chi connectivity index (χ2v) is 8.46. The largest absolute Gasteiger partial charge is 0.460 e. The molecule has 32 heavy (non-hydrogen) atoms. The van der Waals surface area contributed by atoms with Crippen LogP contribution in [0.4, 0.5) is 0 Å². The minimum Gasteiger partial charge on any atom is -0.460 e. The number of hydrogen-bond donors (Lipinski definition) is 0. The van der Waals surface area contributed by atoms with E-state index in [0.717, 1.165) is 61.0 Å². The van der Waals surface area contributed by atoms with Gasteiger partial charge in [0.05, 0.1) is 13.2 Å². The third-order valence-corrected chi connectivity index (χ3v) is 6.64. The van der Waals surface area contributed by atoms with E-state index >= 15 is 0 Å². The Morgan fingerprint density at radius 1 is 0.875 bits per heavy atom. The van der Waals surface area contributed by atoms with Crippen molar-refractivity contribution in [2.24, 2.45) is 0 Å². The number of ether oxygens (including phenoxy) is 3. The van der Waals surface area contributed by atoms with Crippen molar-refractivity contribution in [3.63, 3.8) is 0 Å². The van der Waals surface area contributed by atoms with Crippen LogP contribution in [-0.2, 0) is 19.0 Å². The van der Waals surface area contributed by atoms with Crippen LogP contribution in [0.15, 0.2) is 48.5 Å². The molecule has 1 saturated carbocycles. The van der Waals surface area contributed by atoms with Crippen LogP contribution in [0.25, 0.3) is 11.1 Å². The first-order valence-electron chi connectivity index (χ1n) is 11.3. The Labute approximate surface area is 197 Å². The standard InChI is InChI=1S/C26H33NO4.ClH/c1-29-17-15-27(16-18-30-2)23-13-7-8-14-24(23)31-26(28)25-21-11-5-3-9-19(21)20-10-4-6-12-22(20)25;/h3-6,9-12,23-25H,7-8,13-18H2,1-2H3;1H/t23-,24-;/m1./s1. The molecule has 1 fully saturated rings. The van der Waals surface area contributed by atoms with Gasteiger partial charge in [0.15, 0.2) is 0 Å². The molecule has 0 aliphatic heterocycles. The predicted octanol–water partition coefficient (Wildman–Crippen LogP) is 4.67. The maximum atomic E-state index is 13.5. The maximum absolute atomic E-state index is 13.5. The summed E-state index contributed by atoms with van der Waals surface area (Å²) in [6.07, 6.45) is 4.08. The topological polar surface area (TPSA) is 48.0 Å². The van der Waals surface area contributed by atoms with Gasteiger partial charge < -0.3 is 14.2 Å². The lowest BCUT2D eigenvalue weighted by atomic mass is 9.90. The number of halogens is 1. The SMILES string of the molecule is COCCN(CCOC)[C@@H]1CCCC[C@H]1OC(=O)C1c2ccccc2-c2ccccc21.Cl. The highest BCUT2D eigenvalue weighted by Crippen LogP contribution is 2.45. The minimum atomic E-state index is -0.346. The van der Waals surface area contributed by atoms with E-state index in [2.05, 4.69) is 29.2 Å². The molecule has 6 heteroatoms. The molecule has 2 atom stereocenters. The predicted molar refractivity (Wildman–Crippen MR) is 128 cm³/mol. The molecule has 2 aromatic rings. The van der Waals surface area contributed by atoms with Crippen LogP contribution in [-0.4, -0.2) is 63.5 Å². The summed E-state index contributed by atoms with van der Waals surface area (Å²) in [4.78, 5) is 15.9. The number of rotatable bonds is 9. The Bertz CT molecular complexity index is 836. The third kappa shape index (κ3) is 5.18. The van der Waals surface area contributed by atoms with Crippen molar-refractivity contribution in [1.29, 1.82) is 0 Å². The second kappa shape index (κ2) is 11.8. The van der Waals surface area contributed by atoms with Gasteiger partial charge in [0.1, 0.15) is 12.0 Å². The highest BCUT2D eigenvalue weighted by atomic mass is 35.5. The Balaban J connectivity index is 0.00000289. The normalized spacial score (nSPS) is 19.8. The first-order valence-corrected chi connectivity index (χ1v) is 11.3. The Morgan fingerprint density at radius 2 is 1.41 bits per heavy atom. The monoisotopic (exact) mass is 459 g/mol. The molecule has 5 nitrogen and oxygen atoms in total. The molecule has 0 aromatic heterocycles. The number of hydrogen-bond acceptors (Lipinski definition) is 5. The molecule has 0 amide bonds. The fourth-order valence-corrected chi connectivity index (χ4v) is 5.12. The number of benzene rings is 2. The summed E-state index contributed by atoms with van der Waals surface area (Å²) in [5.41, 5.74) is 4.39. The first kappa shape index (κ1) is 24.7. The summed E-state index contributed by atoms with van der Waals surface area (Å²) in [5, 5.41) is 0. The minimum absolute atomic E-state index is 0. The van der Waals surface area contributed by atoms with Crippen LogP contribution in [0.5, 0.6) is 0 Å². The van der Waals surface area contributed by atoms with Crippen molar-refractivity contribution < 1.29 is 19.0 Å². The highest BCUT2D eigenvalue weighted by molar-refractivity contribution is 5.93. The molecule has 0 N–H and O–H groups in total. The number of fused-ring (bicyclic) bond motifs is 3. The van der Waals surface area contributed by atoms with E-state index in [4.69, 9.17) is 14.2 Å². The van der Waals surface area contributed by atoms with Crippen molar-refractivity contribution in [2.45, 2.75) is 43.7 Å². The van der Waals surface area contributed by atoms with E-state index in [0.29, 0.717) is 13.2 Å². The number of carbonyl (C=O) groups excluding carboxylic acids is 1. The zero-order valence-corrected chi connectivity index (χ0v) is 19.8. The lowest BCUT2D eigenvalue weighted by Gasteiger charge is -2.39. The molecule has 0 heterocycles. The van der Waals surface area contributed by atoms with E-state index < -0.39 is 0 Å². The van der Waals surface area contributed by atoms with Gasteiger partial charge in [0, 0.05) is 33.4 Å². The molecule has 0 bridgehead atoms. The summed E-state index contributed by atoms with van der Waals surface area (Å²) in [5.74, 6) is -0.478.